The lowest BCUT2D eigenvalue weighted by atomic mass is 9.94. The molecule has 0 radical (unpaired) electrons. The van der Waals surface area contributed by atoms with Crippen LogP contribution in [0.25, 0.3) is 0 Å². The van der Waals surface area contributed by atoms with Gasteiger partial charge in [-0.1, -0.05) is 19.1 Å². The van der Waals surface area contributed by atoms with E-state index in [1.807, 2.05) is 19.1 Å². The largest absolute Gasteiger partial charge is 0.435 e. The third-order valence-electron chi connectivity index (χ3n) is 3.07. The second-order valence-electron chi connectivity index (χ2n) is 4.42. The van der Waals surface area contributed by atoms with Gasteiger partial charge in [0.1, 0.15) is 5.75 Å². The van der Waals surface area contributed by atoms with Crippen LogP contribution in [0.1, 0.15) is 29.3 Å². The van der Waals surface area contributed by atoms with E-state index in [0.717, 1.165) is 11.1 Å². The zero-order valence-corrected chi connectivity index (χ0v) is 11.6. The van der Waals surface area contributed by atoms with E-state index in [4.69, 9.17) is 11.6 Å². The second-order valence-corrected chi connectivity index (χ2v) is 4.89. The average Bonchev–Trinajstić information content (AvgIpc) is 2.46. The topological polar surface area (TPSA) is 22.1 Å². The van der Waals surface area contributed by atoms with Gasteiger partial charge in [-0.3, -0.25) is 4.98 Å². The van der Waals surface area contributed by atoms with Gasteiger partial charge in [0.25, 0.3) is 0 Å². The van der Waals surface area contributed by atoms with Crippen LogP contribution in [0.15, 0.2) is 48.8 Å². The lowest BCUT2D eigenvalue weighted by molar-refractivity contribution is -0.0498. The summed E-state index contributed by atoms with van der Waals surface area (Å²) in [7, 11) is 0. The number of ether oxygens (including phenoxy) is 1. The van der Waals surface area contributed by atoms with Crippen molar-refractivity contribution in [2.75, 3.05) is 0 Å². The zero-order valence-electron chi connectivity index (χ0n) is 10.8. The fourth-order valence-electron chi connectivity index (χ4n) is 1.99. The third kappa shape index (κ3) is 3.67. The Morgan fingerprint density at radius 2 is 1.80 bits per heavy atom. The number of hydrogen-bond donors (Lipinski definition) is 0. The Hall–Kier alpha value is -1.68. The molecule has 106 valence electrons. The van der Waals surface area contributed by atoms with Crippen molar-refractivity contribution < 1.29 is 13.5 Å². The summed E-state index contributed by atoms with van der Waals surface area (Å²) < 4.78 is 28.8. The van der Waals surface area contributed by atoms with Gasteiger partial charge in [-0.15, -0.1) is 11.6 Å². The molecule has 1 aromatic heterocycles. The summed E-state index contributed by atoms with van der Waals surface area (Å²) >= 11 is 6.44. The van der Waals surface area contributed by atoms with Gasteiger partial charge in [0.15, 0.2) is 0 Å². The fraction of sp³-hybridized carbons (Fsp3) is 0.267. The Balaban J connectivity index is 2.18. The fourth-order valence-corrected chi connectivity index (χ4v) is 2.27. The van der Waals surface area contributed by atoms with Crippen molar-refractivity contribution in [2.24, 2.45) is 0 Å². The predicted octanol–water partition coefficient (Wildman–Crippen LogP) is 4.77. The maximum atomic E-state index is 12.2. The van der Waals surface area contributed by atoms with Crippen LogP contribution >= 0.6 is 11.6 Å². The third-order valence-corrected chi connectivity index (χ3v) is 3.70. The molecule has 0 aliphatic rings. The molecule has 2 unspecified atom stereocenters. The molecule has 1 heterocycles. The first-order valence-electron chi connectivity index (χ1n) is 6.16. The highest BCUT2D eigenvalue weighted by Gasteiger charge is 2.19. The van der Waals surface area contributed by atoms with Crippen LogP contribution in [0.4, 0.5) is 8.78 Å². The maximum absolute atomic E-state index is 12.2. The molecule has 2 rings (SSSR count). The molecule has 0 saturated carbocycles. The van der Waals surface area contributed by atoms with Crippen molar-refractivity contribution in [2.45, 2.75) is 24.8 Å². The minimum Gasteiger partial charge on any atom is -0.435 e. The van der Waals surface area contributed by atoms with Crippen LogP contribution in [0.2, 0.25) is 0 Å². The van der Waals surface area contributed by atoms with Crippen LogP contribution in [0, 0.1) is 0 Å². The minimum atomic E-state index is -2.84. The SMILES string of the molecule is CC(c1ccncc1)C(Cl)c1cccc(OC(F)F)c1. The molecule has 0 bridgehead atoms. The van der Waals surface area contributed by atoms with Crippen molar-refractivity contribution in [1.82, 2.24) is 4.98 Å². The molecule has 0 spiro atoms. The molecule has 0 saturated heterocycles. The van der Waals surface area contributed by atoms with Crippen LogP contribution in [0.5, 0.6) is 5.75 Å². The second kappa shape index (κ2) is 6.66. The Labute approximate surface area is 121 Å². The molecule has 0 N–H and O–H groups in total. The van der Waals surface area contributed by atoms with Gasteiger partial charge in [0.05, 0.1) is 5.38 Å². The number of rotatable bonds is 5. The van der Waals surface area contributed by atoms with Crippen molar-refractivity contribution >= 4 is 11.6 Å². The van der Waals surface area contributed by atoms with Gasteiger partial charge in [-0.2, -0.15) is 8.78 Å². The molecule has 0 fully saturated rings. The van der Waals surface area contributed by atoms with Gasteiger partial charge in [-0.25, -0.2) is 0 Å². The Morgan fingerprint density at radius 3 is 2.45 bits per heavy atom. The molecular weight excluding hydrogens is 284 g/mol. The summed E-state index contributed by atoms with van der Waals surface area (Å²) in [5.41, 5.74) is 1.79. The van der Waals surface area contributed by atoms with Gasteiger partial charge < -0.3 is 4.74 Å². The summed E-state index contributed by atoms with van der Waals surface area (Å²) in [6.45, 7) is -0.857. The average molecular weight is 298 g/mol. The van der Waals surface area contributed by atoms with Crippen LogP contribution < -0.4 is 4.74 Å². The first kappa shape index (κ1) is 14.7. The number of aromatic nitrogens is 1. The highest BCUT2D eigenvalue weighted by atomic mass is 35.5. The first-order chi connectivity index (χ1) is 9.58. The van der Waals surface area contributed by atoms with Crippen molar-refractivity contribution in [3.8, 4) is 5.75 Å². The smallest absolute Gasteiger partial charge is 0.387 e. The van der Waals surface area contributed by atoms with Gasteiger partial charge in [-0.05, 0) is 35.4 Å². The summed E-state index contributed by atoms with van der Waals surface area (Å²) in [6.07, 6.45) is 3.40. The molecule has 0 aliphatic heterocycles. The normalized spacial score (nSPS) is 14.1. The van der Waals surface area contributed by atoms with Crippen molar-refractivity contribution in [3.63, 3.8) is 0 Å². The number of nitrogens with zero attached hydrogens (tertiary/aromatic N) is 1. The quantitative estimate of drug-likeness (QED) is 0.742. The summed E-state index contributed by atoms with van der Waals surface area (Å²) in [5, 5.41) is -0.335. The van der Waals surface area contributed by atoms with Crippen LogP contribution in [-0.2, 0) is 0 Å². The highest BCUT2D eigenvalue weighted by Crippen LogP contribution is 2.37. The highest BCUT2D eigenvalue weighted by molar-refractivity contribution is 6.21. The number of benzene rings is 1. The molecule has 20 heavy (non-hydrogen) atoms. The number of alkyl halides is 3. The van der Waals surface area contributed by atoms with Gasteiger partial charge in [0, 0.05) is 18.3 Å². The Morgan fingerprint density at radius 1 is 1.10 bits per heavy atom. The maximum Gasteiger partial charge on any atom is 0.387 e. The van der Waals surface area contributed by atoms with Crippen molar-refractivity contribution in [3.05, 3.63) is 59.9 Å². The number of halogens is 3. The van der Waals surface area contributed by atoms with Crippen molar-refractivity contribution in [1.29, 1.82) is 0 Å². The van der Waals surface area contributed by atoms with E-state index >= 15 is 0 Å². The van der Waals surface area contributed by atoms with E-state index in [-0.39, 0.29) is 17.0 Å². The number of hydrogen-bond acceptors (Lipinski definition) is 2. The molecular formula is C15H14ClF2NO. The summed E-state index contributed by atoms with van der Waals surface area (Å²) in [4.78, 5) is 3.96. The molecule has 2 atom stereocenters. The Bertz CT molecular complexity index is 551. The monoisotopic (exact) mass is 297 g/mol. The molecule has 0 aliphatic carbocycles. The van der Waals surface area contributed by atoms with Gasteiger partial charge in [0.2, 0.25) is 0 Å². The minimum absolute atomic E-state index is 0.0291. The zero-order chi connectivity index (χ0) is 14.5. The molecule has 0 amide bonds. The van der Waals surface area contributed by atoms with E-state index in [2.05, 4.69) is 9.72 Å². The van der Waals surface area contributed by atoms with E-state index < -0.39 is 6.61 Å². The van der Waals surface area contributed by atoms with Crippen LogP contribution in [0.3, 0.4) is 0 Å². The lowest BCUT2D eigenvalue weighted by Gasteiger charge is -2.19. The first-order valence-corrected chi connectivity index (χ1v) is 6.60. The summed E-state index contributed by atoms with van der Waals surface area (Å²) in [5.74, 6) is 0.145. The molecule has 2 aromatic rings. The Kier molecular flexibility index (Phi) is 4.90. The summed E-state index contributed by atoms with van der Waals surface area (Å²) in [6, 6.07) is 10.3. The molecule has 2 nitrogen and oxygen atoms in total. The van der Waals surface area contributed by atoms with E-state index in [9.17, 15) is 8.78 Å². The van der Waals surface area contributed by atoms with E-state index in [0.29, 0.717) is 0 Å². The number of pyridine rings is 1. The van der Waals surface area contributed by atoms with Gasteiger partial charge >= 0.3 is 6.61 Å². The van der Waals surface area contributed by atoms with E-state index in [1.54, 1.807) is 30.6 Å². The molecule has 1 aromatic carbocycles. The molecule has 5 heteroatoms. The van der Waals surface area contributed by atoms with E-state index in [1.165, 1.54) is 6.07 Å². The van der Waals surface area contributed by atoms with Crippen LogP contribution in [-0.4, -0.2) is 11.6 Å². The predicted molar refractivity (Wildman–Crippen MR) is 74.3 cm³/mol. The standard InChI is InChI=1S/C15H14ClF2NO/c1-10(11-5-7-19-8-6-11)14(16)12-3-2-4-13(9-12)20-15(17)18/h2-10,14-15H,1H3. The lowest BCUT2D eigenvalue weighted by Crippen LogP contribution is -2.05.